The molecule has 0 atom stereocenters. The van der Waals surface area contributed by atoms with Crippen LogP contribution in [0.15, 0.2) is 75.7 Å². The van der Waals surface area contributed by atoms with E-state index in [9.17, 15) is 4.79 Å². The van der Waals surface area contributed by atoms with E-state index in [1.165, 1.54) is 11.1 Å². The van der Waals surface area contributed by atoms with E-state index in [0.717, 1.165) is 60.5 Å². The van der Waals surface area contributed by atoms with Crippen LogP contribution in [0.5, 0.6) is 0 Å². The van der Waals surface area contributed by atoms with Crippen LogP contribution in [0, 0.1) is 13.8 Å². The van der Waals surface area contributed by atoms with Crippen molar-refractivity contribution in [2.24, 2.45) is 0 Å². The molecule has 6 nitrogen and oxygen atoms in total. The highest BCUT2D eigenvalue weighted by molar-refractivity contribution is 5.87. The van der Waals surface area contributed by atoms with Gasteiger partial charge < -0.3 is 8.82 Å². The Balaban J connectivity index is 1.27. The van der Waals surface area contributed by atoms with Gasteiger partial charge in [-0.2, -0.15) is 0 Å². The minimum atomic E-state index is -0.336. The summed E-state index contributed by atoms with van der Waals surface area (Å²) in [4.78, 5) is 24.5. The third-order valence-electron chi connectivity index (χ3n) is 6.74. The van der Waals surface area contributed by atoms with Crippen LogP contribution in [-0.2, 0) is 0 Å². The maximum absolute atomic E-state index is 12.9. The molecule has 3 aromatic heterocycles. The molecule has 0 saturated heterocycles. The fraction of sp³-hybridized carbons (Fsp3) is 0.250. The molecule has 6 heteroatoms. The second kappa shape index (κ2) is 8.22. The normalized spacial score (nSPS) is 16.1. The number of hydrogen-bond acceptors (Lipinski definition) is 5. The second-order valence-electron chi connectivity index (χ2n) is 9.16. The van der Waals surface area contributed by atoms with Gasteiger partial charge in [0.05, 0.1) is 16.8 Å². The summed E-state index contributed by atoms with van der Waals surface area (Å²) < 4.78 is 7.65. The number of hydrogen-bond donors (Lipinski definition) is 0. The van der Waals surface area contributed by atoms with Crippen molar-refractivity contribution in [3.8, 4) is 11.5 Å². The summed E-state index contributed by atoms with van der Waals surface area (Å²) in [6.45, 7) is 6.95. The number of aromatic nitrogens is 3. The van der Waals surface area contributed by atoms with E-state index in [4.69, 9.17) is 4.42 Å². The average Bonchev–Trinajstić information content (AvgIpc) is 3.23. The van der Waals surface area contributed by atoms with Gasteiger partial charge in [-0.3, -0.25) is 9.88 Å². The lowest BCUT2D eigenvalue weighted by Gasteiger charge is -2.27. The molecule has 0 saturated carbocycles. The minimum Gasteiger partial charge on any atom is -0.421 e. The smallest absolute Gasteiger partial charge is 0.344 e. The molecule has 170 valence electrons. The van der Waals surface area contributed by atoms with Crippen LogP contribution in [0.1, 0.15) is 29.8 Å². The summed E-state index contributed by atoms with van der Waals surface area (Å²) in [5.74, 6) is 0.468. The summed E-state index contributed by atoms with van der Waals surface area (Å²) in [5, 5.41) is 1.46. The zero-order valence-corrected chi connectivity index (χ0v) is 19.4. The van der Waals surface area contributed by atoms with Crippen molar-refractivity contribution < 1.29 is 4.42 Å². The largest absolute Gasteiger partial charge is 0.421 e. The van der Waals surface area contributed by atoms with Crippen LogP contribution >= 0.6 is 0 Å². The number of fused-ring (bicyclic) bond motifs is 2. The fourth-order valence-electron chi connectivity index (χ4n) is 4.80. The molecule has 34 heavy (non-hydrogen) atoms. The van der Waals surface area contributed by atoms with Crippen molar-refractivity contribution in [2.45, 2.75) is 26.7 Å². The number of aryl methyl sites for hydroxylation is 2. The first-order chi connectivity index (χ1) is 16.5. The van der Waals surface area contributed by atoms with Crippen molar-refractivity contribution in [1.29, 1.82) is 0 Å². The summed E-state index contributed by atoms with van der Waals surface area (Å²) in [6.07, 6.45) is 14.7. The summed E-state index contributed by atoms with van der Waals surface area (Å²) in [7, 11) is 0. The monoisotopic (exact) mass is 450 g/mol. The van der Waals surface area contributed by atoms with Crippen LogP contribution in [-0.4, -0.2) is 38.9 Å². The van der Waals surface area contributed by atoms with Crippen molar-refractivity contribution in [3.63, 3.8) is 0 Å². The van der Waals surface area contributed by atoms with E-state index in [0.29, 0.717) is 16.8 Å². The number of rotatable bonds is 5. The molecule has 0 fully saturated rings. The van der Waals surface area contributed by atoms with E-state index in [1.54, 1.807) is 0 Å². The van der Waals surface area contributed by atoms with E-state index in [-0.39, 0.29) is 5.63 Å². The molecule has 6 rings (SSSR count). The SMILES string of the molecule is Cc1cn2cc(-c3cc4ccc(C5=CCN(CCC6=CC=C6)CC5)cc4c(=O)o3)nc2c(C)n1. The second-order valence-corrected chi connectivity index (χ2v) is 9.16. The number of imidazole rings is 1. The third-order valence-corrected chi connectivity index (χ3v) is 6.74. The minimum absolute atomic E-state index is 0.336. The lowest BCUT2D eigenvalue weighted by atomic mass is 9.97. The van der Waals surface area contributed by atoms with Crippen LogP contribution in [0.25, 0.3) is 33.4 Å². The maximum atomic E-state index is 12.9. The molecule has 0 amide bonds. The first-order valence-electron chi connectivity index (χ1n) is 11.7. The van der Waals surface area contributed by atoms with Gasteiger partial charge in [-0.25, -0.2) is 9.78 Å². The highest BCUT2D eigenvalue weighted by atomic mass is 16.4. The van der Waals surface area contributed by atoms with Crippen LogP contribution < -0.4 is 5.63 Å². The molecule has 0 spiro atoms. The molecule has 0 bridgehead atoms. The Morgan fingerprint density at radius 1 is 1.12 bits per heavy atom. The highest BCUT2D eigenvalue weighted by Gasteiger charge is 2.16. The number of benzene rings is 1. The Kier molecular flexibility index (Phi) is 5.03. The summed E-state index contributed by atoms with van der Waals surface area (Å²) in [6, 6.07) is 7.99. The molecule has 0 unspecified atom stereocenters. The summed E-state index contributed by atoms with van der Waals surface area (Å²) >= 11 is 0. The molecule has 0 N–H and O–H groups in total. The Morgan fingerprint density at radius 2 is 2.00 bits per heavy atom. The summed E-state index contributed by atoms with van der Waals surface area (Å²) in [5.41, 5.74) is 6.63. The lowest BCUT2D eigenvalue weighted by molar-refractivity contribution is 0.306. The van der Waals surface area contributed by atoms with Gasteiger partial charge in [-0.15, -0.1) is 0 Å². The number of allylic oxidation sites excluding steroid dienone is 3. The first-order valence-corrected chi connectivity index (χ1v) is 11.7. The van der Waals surface area contributed by atoms with E-state index < -0.39 is 0 Å². The standard InChI is InChI=1S/C28H26N4O2/c1-18-16-32-17-25(30-27(32)19(2)29-18)26-15-23-7-6-22(14-24(23)28(33)34-26)21-9-12-31(13-10-21)11-8-20-4-3-5-20/h3-7,9,14-17H,8,10-13H2,1-2H3. The van der Waals surface area contributed by atoms with Crippen molar-refractivity contribution in [2.75, 3.05) is 19.6 Å². The molecular weight excluding hydrogens is 424 g/mol. The molecule has 4 aromatic rings. The van der Waals surface area contributed by atoms with E-state index >= 15 is 0 Å². The van der Waals surface area contributed by atoms with Gasteiger partial charge in [0.2, 0.25) is 0 Å². The van der Waals surface area contributed by atoms with Gasteiger partial charge in [0.1, 0.15) is 5.69 Å². The Labute approximate surface area is 197 Å². The molecule has 1 aliphatic heterocycles. The van der Waals surface area contributed by atoms with Gasteiger partial charge in [0.15, 0.2) is 11.4 Å². The lowest BCUT2D eigenvalue weighted by Crippen LogP contribution is -2.29. The highest BCUT2D eigenvalue weighted by Crippen LogP contribution is 2.28. The van der Waals surface area contributed by atoms with Crippen molar-refractivity contribution in [3.05, 3.63) is 93.9 Å². The fourth-order valence-corrected chi connectivity index (χ4v) is 4.80. The predicted molar refractivity (Wildman–Crippen MR) is 135 cm³/mol. The van der Waals surface area contributed by atoms with Crippen molar-refractivity contribution in [1.82, 2.24) is 19.3 Å². The predicted octanol–water partition coefficient (Wildman–Crippen LogP) is 5.09. The van der Waals surface area contributed by atoms with Crippen molar-refractivity contribution >= 4 is 22.0 Å². The van der Waals surface area contributed by atoms with Gasteiger partial charge in [-0.1, -0.05) is 36.4 Å². The quantitative estimate of drug-likeness (QED) is 0.424. The zero-order valence-electron chi connectivity index (χ0n) is 19.4. The van der Waals surface area contributed by atoms with E-state index in [1.807, 2.05) is 48.8 Å². The van der Waals surface area contributed by atoms with Gasteiger partial charge in [-0.05, 0) is 60.9 Å². The third kappa shape index (κ3) is 3.80. The zero-order chi connectivity index (χ0) is 23.2. The molecular formula is C28H26N4O2. The van der Waals surface area contributed by atoms with Crippen LogP contribution in [0.2, 0.25) is 0 Å². The Hall–Kier alpha value is -3.77. The molecule has 4 heterocycles. The van der Waals surface area contributed by atoms with Gasteiger partial charge in [0.25, 0.3) is 0 Å². The maximum Gasteiger partial charge on any atom is 0.344 e. The van der Waals surface area contributed by atoms with Crippen LogP contribution in [0.3, 0.4) is 0 Å². The average molecular weight is 451 g/mol. The Morgan fingerprint density at radius 3 is 2.76 bits per heavy atom. The Bertz CT molecular complexity index is 1590. The number of nitrogens with zero attached hydrogens (tertiary/aromatic N) is 4. The molecule has 1 aliphatic carbocycles. The topological polar surface area (TPSA) is 63.6 Å². The molecule has 2 aliphatic rings. The molecule has 1 aromatic carbocycles. The molecule has 0 radical (unpaired) electrons. The first kappa shape index (κ1) is 20.8. The van der Waals surface area contributed by atoms with Gasteiger partial charge in [0, 0.05) is 32.0 Å². The van der Waals surface area contributed by atoms with Gasteiger partial charge >= 0.3 is 5.63 Å². The van der Waals surface area contributed by atoms with Crippen LogP contribution in [0.4, 0.5) is 0 Å². The van der Waals surface area contributed by atoms with E-state index in [2.05, 4.69) is 45.2 Å².